The van der Waals surface area contributed by atoms with Crippen LogP contribution in [0.25, 0.3) is 0 Å². The van der Waals surface area contributed by atoms with Crippen LogP contribution in [-0.4, -0.2) is 11.8 Å². The maximum absolute atomic E-state index is 14.1. The molecule has 0 aliphatic rings. The van der Waals surface area contributed by atoms with Gasteiger partial charge in [0.15, 0.2) is 11.5 Å². The highest BCUT2D eigenvalue weighted by Crippen LogP contribution is 2.16. The number of hydrogen-bond acceptors (Lipinski definition) is 4. The number of benzene rings is 1. The second-order valence-corrected chi connectivity index (χ2v) is 4.86. The van der Waals surface area contributed by atoms with Crippen molar-refractivity contribution in [3.8, 4) is 0 Å². The molecule has 6 nitrogen and oxygen atoms in total. The molecule has 3 aromatic rings. The van der Waals surface area contributed by atoms with Crippen molar-refractivity contribution >= 4 is 11.8 Å². The van der Waals surface area contributed by atoms with E-state index in [-0.39, 0.29) is 17.1 Å². The van der Waals surface area contributed by atoms with Crippen molar-refractivity contribution in [3.05, 3.63) is 84.0 Å². The van der Waals surface area contributed by atoms with Crippen molar-refractivity contribution in [2.75, 3.05) is 0 Å². The van der Waals surface area contributed by atoms with Crippen molar-refractivity contribution < 1.29 is 22.8 Å². The van der Waals surface area contributed by atoms with E-state index in [9.17, 15) is 14.0 Å². The van der Waals surface area contributed by atoms with Crippen molar-refractivity contribution in [1.82, 2.24) is 10.6 Å². The Morgan fingerprint density at radius 1 is 0.833 bits per heavy atom. The average Bonchev–Trinajstić information content (AvgIpc) is 3.28. The van der Waals surface area contributed by atoms with Crippen LogP contribution in [-0.2, 0) is 0 Å². The molecule has 24 heavy (non-hydrogen) atoms. The average molecular weight is 328 g/mol. The van der Waals surface area contributed by atoms with E-state index in [1.165, 1.54) is 42.9 Å². The van der Waals surface area contributed by atoms with E-state index in [1.54, 1.807) is 18.2 Å². The summed E-state index contributed by atoms with van der Waals surface area (Å²) in [5.74, 6) is -1.66. The van der Waals surface area contributed by atoms with E-state index in [1.807, 2.05) is 0 Å². The van der Waals surface area contributed by atoms with Crippen molar-refractivity contribution in [2.45, 2.75) is 6.17 Å². The van der Waals surface area contributed by atoms with Crippen LogP contribution in [0.3, 0.4) is 0 Å². The molecule has 0 unspecified atom stereocenters. The van der Waals surface area contributed by atoms with E-state index >= 15 is 0 Å². The Hall–Kier alpha value is -3.35. The Morgan fingerprint density at radius 3 is 1.83 bits per heavy atom. The smallest absolute Gasteiger partial charge is 0.288 e. The van der Waals surface area contributed by atoms with Crippen LogP contribution in [0.2, 0.25) is 0 Å². The summed E-state index contributed by atoms with van der Waals surface area (Å²) in [6, 6.07) is 11.8. The summed E-state index contributed by atoms with van der Waals surface area (Å²) in [6.45, 7) is 0. The fourth-order valence-corrected chi connectivity index (χ4v) is 2.12. The van der Waals surface area contributed by atoms with Gasteiger partial charge in [-0.15, -0.1) is 0 Å². The molecular weight excluding hydrogens is 315 g/mol. The molecule has 0 spiro atoms. The van der Waals surface area contributed by atoms with Crippen molar-refractivity contribution in [2.24, 2.45) is 0 Å². The topological polar surface area (TPSA) is 84.5 Å². The number of carbonyl (C=O) groups excluding carboxylic acids is 2. The molecule has 0 aliphatic carbocycles. The van der Waals surface area contributed by atoms with E-state index in [0.717, 1.165) is 0 Å². The van der Waals surface area contributed by atoms with Crippen LogP contribution >= 0.6 is 0 Å². The van der Waals surface area contributed by atoms with Crippen LogP contribution in [0, 0.1) is 5.82 Å². The van der Waals surface area contributed by atoms with Gasteiger partial charge >= 0.3 is 0 Å². The predicted octanol–water partition coefficient (Wildman–Crippen LogP) is 2.87. The quantitative estimate of drug-likeness (QED) is 0.705. The lowest BCUT2D eigenvalue weighted by Crippen LogP contribution is -2.41. The molecule has 2 heterocycles. The zero-order chi connectivity index (χ0) is 16.9. The third-order valence-corrected chi connectivity index (χ3v) is 3.26. The van der Waals surface area contributed by atoms with E-state index in [4.69, 9.17) is 8.83 Å². The van der Waals surface area contributed by atoms with Gasteiger partial charge < -0.3 is 19.5 Å². The summed E-state index contributed by atoms with van der Waals surface area (Å²) in [5, 5.41) is 5.05. The maximum Gasteiger partial charge on any atom is 0.288 e. The molecule has 0 saturated carbocycles. The number of halogens is 1. The van der Waals surface area contributed by atoms with Crippen LogP contribution in [0.15, 0.2) is 69.9 Å². The zero-order valence-electron chi connectivity index (χ0n) is 12.4. The monoisotopic (exact) mass is 328 g/mol. The minimum atomic E-state index is -1.10. The standard InChI is InChI=1S/C17H13FN2O4/c18-12-6-2-1-5-11(12)15(19-16(21)13-7-3-9-23-13)20-17(22)14-8-4-10-24-14/h1-10,15H,(H,19,21)(H,20,22). The lowest BCUT2D eigenvalue weighted by atomic mass is 10.1. The largest absolute Gasteiger partial charge is 0.459 e. The SMILES string of the molecule is O=C(NC(NC(=O)c1ccco1)c1ccccc1F)c1ccco1. The van der Waals surface area contributed by atoms with Gasteiger partial charge in [-0.05, 0) is 30.3 Å². The normalized spacial score (nSPS) is 10.6. The Labute approximate surface area is 136 Å². The molecule has 0 atom stereocenters. The number of rotatable bonds is 5. The Bertz CT molecular complexity index is 780. The molecule has 0 saturated heterocycles. The molecule has 2 amide bonds. The lowest BCUT2D eigenvalue weighted by Gasteiger charge is -2.20. The van der Waals surface area contributed by atoms with Gasteiger partial charge in [-0.1, -0.05) is 18.2 Å². The summed E-state index contributed by atoms with van der Waals surface area (Å²) in [5.41, 5.74) is 0.109. The molecule has 2 N–H and O–H groups in total. The summed E-state index contributed by atoms with van der Waals surface area (Å²) >= 11 is 0. The molecule has 1 aromatic carbocycles. The number of nitrogens with one attached hydrogen (secondary N) is 2. The van der Waals surface area contributed by atoms with Gasteiger partial charge in [0.25, 0.3) is 11.8 Å². The molecular formula is C17H13FN2O4. The third-order valence-electron chi connectivity index (χ3n) is 3.26. The van der Waals surface area contributed by atoms with Gasteiger partial charge in [0.1, 0.15) is 12.0 Å². The molecule has 3 rings (SSSR count). The summed E-state index contributed by atoms with van der Waals surface area (Å²) < 4.78 is 24.1. The van der Waals surface area contributed by atoms with Crippen LogP contribution in [0.1, 0.15) is 32.8 Å². The van der Waals surface area contributed by atoms with Crippen molar-refractivity contribution in [3.63, 3.8) is 0 Å². The van der Waals surface area contributed by atoms with E-state index in [2.05, 4.69) is 10.6 Å². The van der Waals surface area contributed by atoms with Gasteiger partial charge in [-0.25, -0.2) is 4.39 Å². The molecule has 0 aliphatic heterocycles. The number of carbonyl (C=O) groups is 2. The summed E-state index contributed by atoms with van der Waals surface area (Å²) in [6.07, 6.45) is 1.59. The molecule has 122 valence electrons. The first kappa shape index (κ1) is 15.5. The third kappa shape index (κ3) is 3.35. The fraction of sp³-hybridized carbons (Fsp3) is 0.0588. The highest BCUT2D eigenvalue weighted by molar-refractivity contribution is 5.94. The lowest BCUT2D eigenvalue weighted by molar-refractivity contribution is 0.0852. The van der Waals surface area contributed by atoms with Gasteiger partial charge in [0.2, 0.25) is 0 Å². The first-order valence-electron chi connectivity index (χ1n) is 7.08. The second-order valence-electron chi connectivity index (χ2n) is 4.86. The first-order valence-corrected chi connectivity index (χ1v) is 7.08. The molecule has 0 radical (unpaired) electrons. The molecule has 0 fully saturated rings. The Balaban J connectivity index is 1.85. The summed E-state index contributed by atoms with van der Waals surface area (Å²) in [4.78, 5) is 24.3. The second kappa shape index (κ2) is 6.82. The molecule has 0 bridgehead atoms. The fourth-order valence-electron chi connectivity index (χ4n) is 2.12. The highest BCUT2D eigenvalue weighted by atomic mass is 19.1. The minimum Gasteiger partial charge on any atom is -0.459 e. The molecule has 7 heteroatoms. The maximum atomic E-state index is 14.1. The van der Waals surface area contributed by atoms with Crippen LogP contribution < -0.4 is 10.6 Å². The number of hydrogen-bond donors (Lipinski definition) is 2. The number of amides is 2. The minimum absolute atomic E-state index is 0.0450. The van der Waals surface area contributed by atoms with Crippen LogP contribution in [0.4, 0.5) is 4.39 Å². The Kier molecular flexibility index (Phi) is 4.42. The van der Waals surface area contributed by atoms with Gasteiger partial charge in [0, 0.05) is 5.56 Å². The first-order chi connectivity index (χ1) is 11.6. The van der Waals surface area contributed by atoms with E-state index in [0.29, 0.717) is 0 Å². The van der Waals surface area contributed by atoms with Crippen LogP contribution in [0.5, 0.6) is 0 Å². The van der Waals surface area contributed by atoms with Crippen molar-refractivity contribution in [1.29, 1.82) is 0 Å². The summed E-state index contributed by atoms with van der Waals surface area (Å²) in [7, 11) is 0. The molecule has 2 aromatic heterocycles. The van der Waals surface area contributed by atoms with Gasteiger partial charge in [0.05, 0.1) is 12.5 Å². The van der Waals surface area contributed by atoms with Gasteiger partial charge in [-0.2, -0.15) is 0 Å². The zero-order valence-corrected chi connectivity index (χ0v) is 12.4. The Morgan fingerprint density at radius 2 is 1.38 bits per heavy atom. The number of furan rings is 2. The van der Waals surface area contributed by atoms with Gasteiger partial charge in [-0.3, -0.25) is 9.59 Å². The highest BCUT2D eigenvalue weighted by Gasteiger charge is 2.23. The van der Waals surface area contributed by atoms with E-state index < -0.39 is 23.8 Å². The predicted molar refractivity (Wildman–Crippen MR) is 81.5 cm³/mol.